The number of rotatable bonds is 6. The summed E-state index contributed by atoms with van der Waals surface area (Å²) in [7, 11) is 3.37. The van der Waals surface area contributed by atoms with Gasteiger partial charge in [0.2, 0.25) is 5.91 Å². The summed E-state index contributed by atoms with van der Waals surface area (Å²) < 4.78 is 0. The van der Waals surface area contributed by atoms with Gasteiger partial charge in [0.15, 0.2) is 0 Å². The van der Waals surface area contributed by atoms with Gasteiger partial charge in [0.1, 0.15) is 0 Å². The van der Waals surface area contributed by atoms with Crippen molar-refractivity contribution in [1.82, 2.24) is 10.2 Å². The van der Waals surface area contributed by atoms with E-state index < -0.39 is 0 Å². The van der Waals surface area contributed by atoms with Crippen LogP contribution >= 0.6 is 0 Å². The van der Waals surface area contributed by atoms with Crippen molar-refractivity contribution in [2.24, 2.45) is 0 Å². The fourth-order valence-corrected chi connectivity index (χ4v) is 2.12. The second-order valence-electron chi connectivity index (χ2n) is 4.77. The molecule has 3 N–H and O–H groups in total. The average molecular weight is 292 g/mol. The number of benzene rings is 1. The number of carbonyl (C=O) groups is 2. The number of hydrogen-bond donors (Lipinski definition) is 2. The number of hydrogen-bond acceptors (Lipinski definition) is 4. The first kappa shape index (κ1) is 16.8. The Balaban J connectivity index is 2.93. The van der Waals surface area contributed by atoms with E-state index in [2.05, 4.69) is 5.32 Å². The van der Waals surface area contributed by atoms with Crippen molar-refractivity contribution in [3.63, 3.8) is 0 Å². The molecule has 0 aromatic heterocycles. The van der Waals surface area contributed by atoms with Crippen LogP contribution in [0, 0.1) is 0 Å². The molecule has 0 unspecified atom stereocenters. The van der Waals surface area contributed by atoms with Crippen molar-refractivity contribution in [2.45, 2.75) is 13.8 Å². The summed E-state index contributed by atoms with van der Waals surface area (Å²) in [5.41, 5.74) is 7.68. The first-order chi connectivity index (χ1) is 9.94. The quantitative estimate of drug-likeness (QED) is 0.765. The zero-order chi connectivity index (χ0) is 16.0. The van der Waals surface area contributed by atoms with Gasteiger partial charge >= 0.3 is 0 Å². The largest absolute Gasteiger partial charge is 0.397 e. The number of nitrogens with one attached hydrogen (secondary N) is 1. The van der Waals surface area contributed by atoms with Crippen molar-refractivity contribution < 1.29 is 9.59 Å². The Kier molecular flexibility index (Phi) is 6.02. The molecular formula is C15H24N4O2. The molecule has 0 fully saturated rings. The predicted molar refractivity (Wildman–Crippen MR) is 85.4 cm³/mol. The number of nitrogen functional groups attached to an aromatic ring is 1. The van der Waals surface area contributed by atoms with Crippen LogP contribution in [0.25, 0.3) is 0 Å². The van der Waals surface area contributed by atoms with Crippen LogP contribution in [-0.2, 0) is 4.79 Å². The molecule has 0 spiro atoms. The zero-order valence-corrected chi connectivity index (χ0v) is 13.1. The molecule has 116 valence electrons. The molecule has 0 radical (unpaired) electrons. The standard InChI is InChI=1S/C15H24N4O2/c1-5-19(6-2)14(20)10-18(4)13-9-11(15(21)17-3)7-8-12(13)16/h7-9H,5-6,10,16H2,1-4H3,(H,17,21). The van der Waals surface area contributed by atoms with Gasteiger partial charge in [-0.15, -0.1) is 0 Å². The minimum Gasteiger partial charge on any atom is -0.397 e. The summed E-state index contributed by atoms with van der Waals surface area (Å²) in [4.78, 5) is 27.3. The van der Waals surface area contributed by atoms with Crippen LogP contribution in [0.5, 0.6) is 0 Å². The third-order valence-electron chi connectivity index (χ3n) is 3.42. The number of nitrogens with two attached hydrogens (primary N) is 1. The highest BCUT2D eigenvalue weighted by atomic mass is 16.2. The van der Waals surface area contributed by atoms with Crippen molar-refractivity contribution in [3.8, 4) is 0 Å². The van der Waals surface area contributed by atoms with Crippen molar-refractivity contribution >= 4 is 23.2 Å². The fourth-order valence-electron chi connectivity index (χ4n) is 2.12. The molecule has 0 aliphatic heterocycles. The van der Waals surface area contributed by atoms with E-state index in [1.54, 1.807) is 42.1 Å². The summed E-state index contributed by atoms with van der Waals surface area (Å²) in [6, 6.07) is 5.04. The lowest BCUT2D eigenvalue weighted by Gasteiger charge is -2.25. The number of carbonyl (C=O) groups excluding carboxylic acids is 2. The van der Waals surface area contributed by atoms with Crippen LogP contribution in [0.15, 0.2) is 18.2 Å². The molecule has 6 nitrogen and oxygen atoms in total. The second kappa shape index (κ2) is 7.52. The van der Waals surface area contributed by atoms with Gasteiger partial charge in [0.25, 0.3) is 5.91 Å². The lowest BCUT2D eigenvalue weighted by Crippen LogP contribution is -2.39. The number of likely N-dealkylation sites (N-methyl/N-ethyl adjacent to an activating group) is 2. The van der Waals surface area contributed by atoms with Crippen molar-refractivity contribution in [2.75, 3.05) is 44.4 Å². The van der Waals surface area contributed by atoms with E-state index in [1.165, 1.54) is 0 Å². The second-order valence-corrected chi connectivity index (χ2v) is 4.77. The third-order valence-corrected chi connectivity index (χ3v) is 3.42. The summed E-state index contributed by atoms with van der Waals surface area (Å²) in [6.07, 6.45) is 0. The van der Waals surface area contributed by atoms with Crippen LogP contribution in [0.3, 0.4) is 0 Å². The van der Waals surface area contributed by atoms with Gasteiger partial charge in [-0.3, -0.25) is 9.59 Å². The van der Waals surface area contributed by atoms with Crippen LogP contribution in [-0.4, -0.2) is 50.4 Å². The first-order valence-corrected chi connectivity index (χ1v) is 7.05. The normalized spacial score (nSPS) is 10.1. The number of amides is 2. The monoisotopic (exact) mass is 292 g/mol. The molecule has 1 aromatic carbocycles. The summed E-state index contributed by atoms with van der Waals surface area (Å²) in [6.45, 7) is 5.47. The van der Waals surface area contributed by atoms with E-state index in [9.17, 15) is 9.59 Å². The van der Waals surface area contributed by atoms with Gasteiger partial charge in [-0.25, -0.2) is 0 Å². The molecule has 0 heterocycles. The van der Waals surface area contributed by atoms with Crippen LogP contribution in [0.1, 0.15) is 24.2 Å². The molecule has 2 amide bonds. The Labute approximate surface area is 125 Å². The highest BCUT2D eigenvalue weighted by molar-refractivity contribution is 5.96. The average Bonchev–Trinajstić information content (AvgIpc) is 2.48. The van der Waals surface area contributed by atoms with Gasteiger partial charge in [-0.05, 0) is 32.0 Å². The van der Waals surface area contributed by atoms with E-state index in [1.807, 2.05) is 13.8 Å². The van der Waals surface area contributed by atoms with Gasteiger partial charge < -0.3 is 20.9 Å². The molecule has 0 atom stereocenters. The molecule has 21 heavy (non-hydrogen) atoms. The maximum Gasteiger partial charge on any atom is 0.251 e. The lowest BCUT2D eigenvalue weighted by atomic mass is 10.1. The van der Waals surface area contributed by atoms with Gasteiger partial charge in [0.05, 0.1) is 17.9 Å². The van der Waals surface area contributed by atoms with E-state index in [4.69, 9.17) is 5.73 Å². The Morgan fingerprint density at radius 3 is 2.38 bits per heavy atom. The minimum absolute atomic E-state index is 0.0345. The minimum atomic E-state index is -0.181. The van der Waals surface area contributed by atoms with Crippen LogP contribution in [0.4, 0.5) is 11.4 Å². The molecule has 0 aliphatic carbocycles. The molecular weight excluding hydrogens is 268 g/mol. The SMILES string of the molecule is CCN(CC)C(=O)CN(C)c1cc(C(=O)NC)ccc1N. The van der Waals surface area contributed by atoms with Crippen LogP contribution < -0.4 is 16.0 Å². The van der Waals surface area contributed by atoms with Gasteiger partial charge in [0, 0.05) is 32.7 Å². The Bertz CT molecular complexity index is 512. The molecule has 1 rings (SSSR count). The number of nitrogens with zero attached hydrogens (tertiary/aromatic N) is 2. The van der Waals surface area contributed by atoms with Crippen molar-refractivity contribution in [3.05, 3.63) is 23.8 Å². The van der Waals surface area contributed by atoms with Gasteiger partial charge in [-0.2, -0.15) is 0 Å². The highest BCUT2D eigenvalue weighted by Crippen LogP contribution is 2.23. The predicted octanol–water partition coefficient (Wildman–Crippen LogP) is 0.933. The van der Waals surface area contributed by atoms with Crippen LogP contribution in [0.2, 0.25) is 0 Å². The Hall–Kier alpha value is -2.24. The van der Waals surface area contributed by atoms with E-state index >= 15 is 0 Å². The molecule has 6 heteroatoms. The summed E-state index contributed by atoms with van der Waals surface area (Å²) in [5, 5.41) is 2.57. The van der Waals surface area contributed by atoms with E-state index in [-0.39, 0.29) is 18.4 Å². The molecule has 0 bridgehead atoms. The molecule has 0 saturated heterocycles. The smallest absolute Gasteiger partial charge is 0.251 e. The molecule has 0 aliphatic rings. The number of anilines is 2. The van der Waals surface area contributed by atoms with Gasteiger partial charge in [-0.1, -0.05) is 0 Å². The maximum atomic E-state index is 12.1. The Morgan fingerprint density at radius 1 is 1.24 bits per heavy atom. The molecule has 0 saturated carbocycles. The maximum absolute atomic E-state index is 12.1. The zero-order valence-electron chi connectivity index (χ0n) is 13.1. The summed E-state index contributed by atoms with van der Waals surface area (Å²) in [5.74, 6) is -0.146. The lowest BCUT2D eigenvalue weighted by molar-refractivity contribution is -0.129. The van der Waals surface area contributed by atoms with E-state index in [0.717, 1.165) is 0 Å². The Morgan fingerprint density at radius 2 is 1.86 bits per heavy atom. The third kappa shape index (κ3) is 4.11. The summed E-state index contributed by atoms with van der Waals surface area (Å²) >= 11 is 0. The fraction of sp³-hybridized carbons (Fsp3) is 0.467. The molecule has 1 aromatic rings. The topological polar surface area (TPSA) is 78.7 Å². The van der Waals surface area contributed by atoms with Crippen molar-refractivity contribution in [1.29, 1.82) is 0 Å². The van der Waals surface area contributed by atoms with E-state index in [0.29, 0.717) is 30.0 Å². The first-order valence-electron chi connectivity index (χ1n) is 7.05. The highest BCUT2D eigenvalue weighted by Gasteiger charge is 2.15.